The van der Waals surface area contributed by atoms with Gasteiger partial charge in [-0.3, -0.25) is 4.79 Å². The highest BCUT2D eigenvalue weighted by Gasteiger charge is 2.29. The number of rotatable bonds is 1. The van der Waals surface area contributed by atoms with E-state index in [2.05, 4.69) is 20.8 Å². The van der Waals surface area contributed by atoms with Crippen LogP contribution in [0.4, 0.5) is 0 Å². The first-order chi connectivity index (χ1) is 4.58. The molecular formula is C9H14O. The van der Waals surface area contributed by atoms with E-state index < -0.39 is 0 Å². The number of allylic oxidation sites excluding steroid dienone is 2. The maximum Gasteiger partial charge on any atom is 0.146 e. The van der Waals surface area contributed by atoms with Gasteiger partial charge in [-0.05, 0) is 30.8 Å². The summed E-state index contributed by atoms with van der Waals surface area (Å²) in [6.07, 6.45) is 3.25. The summed E-state index contributed by atoms with van der Waals surface area (Å²) in [6, 6.07) is 0. The van der Waals surface area contributed by atoms with E-state index in [0.717, 1.165) is 24.7 Å². The third-order valence-corrected chi connectivity index (χ3v) is 2.43. The molecule has 0 atom stereocenters. The smallest absolute Gasteiger partial charge is 0.146 e. The van der Waals surface area contributed by atoms with E-state index in [9.17, 15) is 4.79 Å². The molecule has 10 heavy (non-hydrogen) atoms. The molecule has 0 spiro atoms. The zero-order chi connectivity index (χ0) is 7.78. The number of hydrogen-bond acceptors (Lipinski definition) is 1. The largest absolute Gasteiger partial charge is 0.298 e. The topological polar surface area (TPSA) is 17.1 Å². The van der Waals surface area contributed by atoms with Gasteiger partial charge in [0.15, 0.2) is 0 Å². The third kappa shape index (κ3) is 1.00. The standard InChI is InChI=1S/C9H14O/c1-7-4-5-9(2,3)8(7)6-10/h6H,4-5H2,1-3H3. The van der Waals surface area contributed by atoms with Crippen molar-refractivity contribution in [1.82, 2.24) is 0 Å². The van der Waals surface area contributed by atoms with Crippen molar-refractivity contribution in [2.24, 2.45) is 5.41 Å². The lowest BCUT2D eigenvalue weighted by Crippen LogP contribution is -2.10. The van der Waals surface area contributed by atoms with Crippen molar-refractivity contribution in [2.45, 2.75) is 33.6 Å². The molecule has 0 bridgehead atoms. The second-order valence-corrected chi connectivity index (χ2v) is 3.70. The average molecular weight is 138 g/mol. The maximum absolute atomic E-state index is 10.6. The number of carbonyl (C=O) groups excluding carboxylic acids is 1. The highest BCUT2D eigenvalue weighted by atomic mass is 16.1. The Labute approximate surface area is 62.1 Å². The molecule has 1 rings (SSSR count). The van der Waals surface area contributed by atoms with Gasteiger partial charge in [0.2, 0.25) is 0 Å². The van der Waals surface area contributed by atoms with E-state index in [1.165, 1.54) is 5.57 Å². The lowest BCUT2D eigenvalue weighted by molar-refractivity contribution is -0.105. The fourth-order valence-corrected chi connectivity index (χ4v) is 1.61. The third-order valence-electron chi connectivity index (χ3n) is 2.43. The highest BCUT2D eigenvalue weighted by molar-refractivity contribution is 5.77. The predicted molar refractivity (Wildman–Crippen MR) is 41.8 cm³/mol. The molecule has 0 aliphatic heterocycles. The quantitative estimate of drug-likeness (QED) is 0.508. The summed E-state index contributed by atoms with van der Waals surface area (Å²) in [5, 5.41) is 0. The van der Waals surface area contributed by atoms with Crippen molar-refractivity contribution in [3.05, 3.63) is 11.1 Å². The molecule has 56 valence electrons. The molecule has 0 amide bonds. The van der Waals surface area contributed by atoms with Crippen LogP contribution in [0.3, 0.4) is 0 Å². The van der Waals surface area contributed by atoms with E-state index in [4.69, 9.17) is 0 Å². The molecule has 0 heterocycles. The molecule has 0 radical (unpaired) electrons. The first kappa shape index (κ1) is 7.52. The van der Waals surface area contributed by atoms with Gasteiger partial charge in [-0.2, -0.15) is 0 Å². The van der Waals surface area contributed by atoms with Crippen molar-refractivity contribution in [1.29, 1.82) is 0 Å². The molecule has 0 saturated heterocycles. The summed E-state index contributed by atoms with van der Waals surface area (Å²) in [7, 11) is 0. The predicted octanol–water partition coefficient (Wildman–Crippen LogP) is 2.32. The first-order valence-corrected chi connectivity index (χ1v) is 3.73. The van der Waals surface area contributed by atoms with Gasteiger partial charge in [0.05, 0.1) is 0 Å². The van der Waals surface area contributed by atoms with Crippen LogP contribution in [0, 0.1) is 5.41 Å². The Morgan fingerprint density at radius 1 is 1.50 bits per heavy atom. The lowest BCUT2D eigenvalue weighted by Gasteiger charge is -2.17. The van der Waals surface area contributed by atoms with Crippen LogP contribution in [0.25, 0.3) is 0 Å². The minimum atomic E-state index is 0.145. The molecule has 0 unspecified atom stereocenters. The van der Waals surface area contributed by atoms with Gasteiger partial charge in [-0.15, -0.1) is 0 Å². The minimum Gasteiger partial charge on any atom is -0.298 e. The molecule has 0 saturated carbocycles. The average Bonchev–Trinajstić information content (AvgIpc) is 2.07. The monoisotopic (exact) mass is 138 g/mol. The summed E-state index contributed by atoms with van der Waals surface area (Å²) >= 11 is 0. The summed E-state index contributed by atoms with van der Waals surface area (Å²) in [5.74, 6) is 0. The fourth-order valence-electron chi connectivity index (χ4n) is 1.61. The second-order valence-electron chi connectivity index (χ2n) is 3.70. The number of aldehydes is 1. The highest BCUT2D eigenvalue weighted by Crippen LogP contribution is 2.40. The van der Waals surface area contributed by atoms with Crippen LogP contribution in [0.15, 0.2) is 11.1 Å². The Morgan fingerprint density at radius 3 is 2.30 bits per heavy atom. The Hall–Kier alpha value is -0.590. The van der Waals surface area contributed by atoms with E-state index >= 15 is 0 Å². The molecule has 1 aliphatic rings. The fraction of sp³-hybridized carbons (Fsp3) is 0.667. The molecule has 1 aliphatic carbocycles. The summed E-state index contributed by atoms with van der Waals surface area (Å²) in [4.78, 5) is 10.6. The Bertz CT molecular complexity index is 187. The summed E-state index contributed by atoms with van der Waals surface area (Å²) in [5.41, 5.74) is 2.44. The van der Waals surface area contributed by atoms with Crippen LogP contribution in [-0.2, 0) is 4.79 Å². The number of carbonyl (C=O) groups is 1. The SMILES string of the molecule is CC1=C(C=O)C(C)(C)CC1. The molecular weight excluding hydrogens is 124 g/mol. The molecule has 0 aromatic carbocycles. The van der Waals surface area contributed by atoms with Crippen LogP contribution in [0.1, 0.15) is 33.6 Å². The van der Waals surface area contributed by atoms with Crippen LogP contribution in [0.5, 0.6) is 0 Å². The van der Waals surface area contributed by atoms with Gasteiger partial charge in [0.25, 0.3) is 0 Å². The van der Waals surface area contributed by atoms with E-state index in [-0.39, 0.29) is 5.41 Å². The first-order valence-electron chi connectivity index (χ1n) is 3.73. The van der Waals surface area contributed by atoms with Gasteiger partial charge in [-0.25, -0.2) is 0 Å². The van der Waals surface area contributed by atoms with Crippen LogP contribution >= 0.6 is 0 Å². The van der Waals surface area contributed by atoms with Crippen molar-refractivity contribution in [3.63, 3.8) is 0 Å². The Balaban J connectivity index is 2.97. The molecule has 0 aromatic heterocycles. The van der Waals surface area contributed by atoms with Crippen molar-refractivity contribution in [3.8, 4) is 0 Å². The maximum atomic E-state index is 10.6. The molecule has 0 aromatic rings. The Morgan fingerprint density at radius 2 is 2.10 bits per heavy atom. The van der Waals surface area contributed by atoms with Crippen molar-refractivity contribution in [2.75, 3.05) is 0 Å². The van der Waals surface area contributed by atoms with Gasteiger partial charge < -0.3 is 0 Å². The van der Waals surface area contributed by atoms with Gasteiger partial charge >= 0.3 is 0 Å². The number of hydrogen-bond donors (Lipinski definition) is 0. The van der Waals surface area contributed by atoms with Crippen LogP contribution in [0.2, 0.25) is 0 Å². The summed E-state index contributed by atoms with van der Waals surface area (Å²) < 4.78 is 0. The van der Waals surface area contributed by atoms with Gasteiger partial charge in [0, 0.05) is 0 Å². The zero-order valence-electron chi connectivity index (χ0n) is 6.90. The van der Waals surface area contributed by atoms with Crippen LogP contribution in [-0.4, -0.2) is 6.29 Å². The minimum absolute atomic E-state index is 0.145. The van der Waals surface area contributed by atoms with Gasteiger partial charge in [-0.1, -0.05) is 19.4 Å². The van der Waals surface area contributed by atoms with Crippen molar-refractivity contribution < 1.29 is 4.79 Å². The van der Waals surface area contributed by atoms with E-state index in [0.29, 0.717) is 0 Å². The van der Waals surface area contributed by atoms with Crippen LogP contribution < -0.4 is 0 Å². The Kier molecular flexibility index (Phi) is 1.67. The molecule has 0 N–H and O–H groups in total. The summed E-state index contributed by atoms with van der Waals surface area (Å²) in [6.45, 7) is 6.32. The lowest BCUT2D eigenvalue weighted by atomic mass is 9.86. The van der Waals surface area contributed by atoms with Gasteiger partial charge in [0.1, 0.15) is 6.29 Å². The molecule has 1 nitrogen and oxygen atoms in total. The normalized spacial score (nSPS) is 23.5. The van der Waals surface area contributed by atoms with E-state index in [1.807, 2.05) is 0 Å². The van der Waals surface area contributed by atoms with E-state index in [1.54, 1.807) is 0 Å². The zero-order valence-corrected chi connectivity index (χ0v) is 6.90. The second kappa shape index (κ2) is 2.22. The molecule has 0 fully saturated rings. The van der Waals surface area contributed by atoms with Crippen molar-refractivity contribution >= 4 is 6.29 Å². The molecule has 1 heteroatoms.